The number of imide groups is 1. The van der Waals surface area contributed by atoms with Crippen molar-refractivity contribution in [3.8, 4) is 0 Å². The van der Waals surface area contributed by atoms with E-state index in [1.807, 2.05) is 6.92 Å². The lowest BCUT2D eigenvalue weighted by molar-refractivity contribution is -0.127. The summed E-state index contributed by atoms with van der Waals surface area (Å²) in [6.07, 6.45) is 5.83. The number of hydrogen-bond acceptors (Lipinski definition) is 3. The van der Waals surface area contributed by atoms with Crippen molar-refractivity contribution in [3.63, 3.8) is 0 Å². The minimum absolute atomic E-state index is 0.0539. The van der Waals surface area contributed by atoms with Crippen LogP contribution in [0.5, 0.6) is 0 Å². The van der Waals surface area contributed by atoms with Crippen LogP contribution < -0.4 is 5.32 Å². The molecule has 1 saturated carbocycles. The monoisotopic (exact) mass is 254 g/mol. The minimum Gasteiger partial charge on any atom is -0.380 e. The fourth-order valence-corrected chi connectivity index (χ4v) is 3.00. The fourth-order valence-electron chi connectivity index (χ4n) is 3.00. The van der Waals surface area contributed by atoms with E-state index in [4.69, 9.17) is 4.74 Å². The molecule has 0 aromatic heterocycles. The van der Waals surface area contributed by atoms with Crippen molar-refractivity contribution in [1.82, 2.24) is 10.2 Å². The molecule has 1 aliphatic heterocycles. The number of amides is 3. The van der Waals surface area contributed by atoms with Crippen LogP contribution in [0.4, 0.5) is 4.79 Å². The number of ether oxygens (including phenoxy) is 1. The third kappa shape index (κ3) is 2.23. The van der Waals surface area contributed by atoms with Gasteiger partial charge in [0.05, 0.1) is 6.10 Å². The van der Waals surface area contributed by atoms with E-state index in [1.54, 1.807) is 12.0 Å². The van der Waals surface area contributed by atoms with Crippen molar-refractivity contribution in [3.05, 3.63) is 0 Å². The van der Waals surface area contributed by atoms with Gasteiger partial charge in [-0.05, 0) is 19.8 Å². The highest BCUT2D eigenvalue weighted by Gasteiger charge is 2.52. The number of carbonyl (C=O) groups is 2. The zero-order chi connectivity index (χ0) is 13.2. The lowest BCUT2D eigenvalue weighted by Gasteiger charge is -2.35. The molecule has 1 N–H and O–H groups in total. The predicted octanol–water partition coefficient (Wildman–Crippen LogP) is 1.67. The zero-order valence-corrected chi connectivity index (χ0v) is 11.2. The topological polar surface area (TPSA) is 58.6 Å². The number of rotatable bonds is 3. The summed E-state index contributed by atoms with van der Waals surface area (Å²) in [5.41, 5.74) is -0.611. The molecule has 0 radical (unpaired) electrons. The Hall–Kier alpha value is -1.10. The first kappa shape index (κ1) is 13.3. The third-order valence-corrected chi connectivity index (χ3v) is 4.18. The van der Waals surface area contributed by atoms with Crippen LogP contribution in [-0.2, 0) is 9.53 Å². The van der Waals surface area contributed by atoms with E-state index < -0.39 is 5.54 Å². The lowest BCUT2D eigenvalue weighted by atomic mass is 9.88. The molecule has 1 saturated heterocycles. The van der Waals surface area contributed by atoms with Gasteiger partial charge in [-0.15, -0.1) is 0 Å². The van der Waals surface area contributed by atoms with Crippen molar-refractivity contribution < 1.29 is 14.3 Å². The Labute approximate surface area is 108 Å². The summed E-state index contributed by atoms with van der Waals surface area (Å²) in [7, 11) is 1.63. The number of methoxy groups -OCH3 is 1. The maximum Gasteiger partial charge on any atom is 0.325 e. The highest BCUT2D eigenvalue weighted by Crippen LogP contribution is 2.36. The molecule has 5 nitrogen and oxygen atoms in total. The SMILES string of the molecule is COC(C)CN1C(=O)NC(=O)C12CCCCCC2. The Balaban J connectivity index is 2.22. The average molecular weight is 254 g/mol. The molecular formula is C13H22N2O3. The van der Waals surface area contributed by atoms with E-state index in [2.05, 4.69) is 5.32 Å². The van der Waals surface area contributed by atoms with Crippen molar-refractivity contribution >= 4 is 11.9 Å². The van der Waals surface area contributed by atoms with E-state index in [0.29, 0.717) is 6.54 Å². The van der Waals surface area contributed by atoms with Gasteiger partial charge in [0.2, 0.25) is 0 Å². The maximum absolute atomic E-state index is 12.2. The first-order chi connectivity index (χ1) is 8.60. The number of hydrogen-bond donors (Lipinski definition) is 1. The molecule has 0 aromatic carbocycles. The van der Waals surface area contributed by atoms with Gasteiger partial charge in [0.1, 0.15) is 5.54 Å². The molecule has 102 valence electrons. The van der Waals surface area contributed by atoms with Gasteiger partial charge in [-0.25, -0.2) is 4.79 Å². The van der Waals surface area contributed by atoms with E-state index in [-0.39, 0.29) is 18.0 Å². The molecule has 1 aliphatic carbocycles. The fraction of sp³-hybridized carbons (Fsp3) is 0.846. The molecule has 1 unspecified atom stereocenters. The molecule has 5 heteroatoms. The minimum atomic E-state index is -0.611. The van der Waals surface area contributed by atoms with Crippen molar-refractivity contribution in [2.24, 2.45) is 0 Å². The Morgan fingerprint density at radius 2 is 1.89 bits per heavy atom. The summed E-state index contributed by atoms with van der Waals surface area (Å²) >= 11 is 0. The van der Waals surface area contributed by atoms with Crippen LogP contribution in [-0.4, -0.2) is 42.1 Å². The smallest absolute Gasteiger partial charge is 0.325 e. The molecular weight excluding hydrogens is 232 g/mol. The van der Waals surface area contributed by atoms with Gasteiger partial charge in [-0.3, -0.25) is 10.1 Å². The molecule has 1 spiro atoms. The van der Waals surface area contributed by atoms with Gasteiger partial charge in [-0.1, -0.05) is 25.7 Å². The van der Waals surface area contributed by atoms with Gasteiger partial charge in [0, 0.05) is 13.7 Å². The second-order valence-corrected chi connectivity index (χ2v) is 5.36. The third-order valence-electron chi connectivity index (χ3n) is 4.18. The summed E-state index contributed by atoms with van der Waals surface area (Å²) < 4.78 is 5.23. The van der Waals surface area contributed by atoms with Crippen LogP contribution in [0, 0.1) is 0 Å². The molecule has 0 bridgehead atoms. The Bertz CT molecular complexity index is 335. The van der Waals surface area contributed by atoms with E-state index in [9.17, 15) is 9.59 Å². The summed E-state index contributed by atoms with van der Waals surface area (Å²) in [5, 5.41) is 2.48. The van der Waals surface area contributed by atoms with Crippen LogP contribution in [0.1, 0.15) is 45.4 Å². The Morgan fingerprint density at radius 1 is 1.28 bits per heavy atom. The van der Waals surface area contributed by atoms with E-state index in [1.165, 1.54) is 0 Å². The highest BCUT2D eigenvalue weighted by molar-refractivity contribution is 6.07. The largest absolute Gasteiger partial charge is 0.380 e. The molecule has 0 aromatic rings. The summed E-state index contributed by atoms with van der Waals surface area (Å²) in [6.45, 7) is 2.40. The summed E-state index contributed by atoms with van der Waals surface area (Å²) in [4.78, 5) is 25.8. The van der Waals surface area contributed by atoms with Gasteiger partial charge in [0.25, 0.3) is 5.91 Å². The molecule has 3 amide bonds. The molecule has 18 heavy (non-hydrogen) atoms. The molecule has 2 aliphatic rings. The first-order valence-corrected chi connectivity index (χ1v) is 6.76. The Kier molecular flexibility index (Phi) is 3.90. The first-order valence-electron chi connectivity index (χ1n) is 6.76. The maximum atomic E-state index is 12.2. The normalized spacial score (nSPS) is 25.1. The van der Waals surface area contributed by atoms with Gasteiger partial charge < -0.3 is 9.64 Å². The number of carbonyl (C=O) groups excluding carboxylic acids is 2. The highest BCUT2D eigenvalue weighted by atomic mass is 16.5. The van der Waals surface area contributed by atoms with Gasteiger partial charge in [-0.2, -0.15) is 0 Å². The van der Waals surface area contributed by atoms with E-state index in [0.717, 1.165) is 38.5 Å². The molecule has 1 heterocycles. The van der Waals surface area contributed by atoms with Gasteiger partial charge in [0.15, 0.2) is 0 Å². The van der Waals surface area contributed by atoms with E-state index >= 15 is 0 Å². The zero-order valence-electron chi connectivity index (χ0n) is 11.2. The quantitative estimate of drug-likeness (QED) is 0.779. The molecule has 2 rings (SSSR count). The second kappa shape index (κ2) is 5.26. The number of urea groups is 1. The van der Waals surface area contributed by atoms with Crippen LogP contribution >= 0.6 is 0 Å². The van der Waals surface area contributed by atoms with Crippen molar-refractivity contribution in [2.75, 3.05) is 13.7 Å². The summed E-state index contributed by atoms with van der Waals surface area (Å²) in [5.74, 6) is -0.113. The summed E-state index contributed by atoms with van der Waals surface area (Å²) in [6, 6.07) is -0.259. The van der Waals surface area contributed by atoms with Crippen LogP contribution in [0.2, 0.25) is 0 Å². The number of nitrogens with zero attached hydrogens (tertiary/aromatic N) is 1. The lowest BCUT2D eigenvalue weighted by Crippen LogP contribution is -2.51. The Morgan fingerprint density at radius 3 is 2.44 bits per heavy atom. The number of nitrogens with one attached hydrogen (secondary N) is 1. The molecule has 2 fully saturated rings. The predicted molar refractivity (Wildman–Crippen MR) is 67.1 cm³/mol. The standard InChI is InChI=1S/C13H22N2O3/c1-10(18-2)9-15-12(17)14-11(16)13(15)7-5-3-4-6-8-13/h10H,3-9H2,1-2H3,(H,14,16,17). The van der Waals surface area contributed by atoms with Crippen LogP contribution in [0.25, 0.3) is 0 Å². The second-order valence-electron chi connectivity index (χ2n) is 5.36. The van der Waals surface area contributed by atoms with Crippen molar-refractivity contribution in [2.45, 2.75) is 57.1 Å². The van der Waals surface area contributed by atoms with Crippen LogP contribution in [0.15, 0.2) is 0 Å². The average Bonchev–Trinajstić information content (AvgIpc) is 2.55. The van der Waals surface area contributed by atoms with Gasteiger partial charge >= 0.3 is 6.03 Å². The van der Waals surface area contributed by atoms with Crippen molar-refractivity contribution in [1.29, 1.82) is 0 Å². The van der Waals surface area contributed by atoms with Crippen LogP contribution in [0.3, 0.4) is 0 Å². The molecule has 1 atom stereocenters.